The number of hydrogen-bond acceptors (Lipinski definition) is 4. The molecule has 1 N–H and O–H groups in total. The van der Waals surface area contributed by atoms with Crippen molar-refractivity contribution in [2.45, 2.75) is 45.8 Å². The predicted molar refractivity (Wildman–Crippen MR) is 110 cm³/mol. The lowest BCUT2D eigenvalue weighted by Gasteiger charge is -2.35. The summed E-state index contributed by atoms with van der Waals surface area (Å²) < 4.78 is 11.0. The Bertz CT molecular complexity index is 783. The first-order valence-electron chi connectivity index (χ1n) is 9.86. The second kappa shape index (κ2) is 9.82. The summed E-state index contributed by atoms with van der Waals surface area (Å²) in [5, 5.41) is 3.06. The summed E-state index contributed by atoms with van der Waals surface area (Å²) in [7, 11) is 1.65. The largest absolute Gasteiger partial charge is 0.380 e. The SMILES string of the molecule is COCc1cccc(C(=O)NCc2ccccc2CN2C[C@@H](C)O[C@@H](C)C2)c1. The summed E-state index contributed by atoms with van der Waals surface area (Å²) >= 11 is 0. The molecule has 1 fully saturated rings. The predicted octanol–water partition coefficient (Wildman–Crippen LogP) is 3.37. The molecule has 2 aromatic rings. The van der Waals surface area contributed by atoms with E-state index in [1.165, 1.54) is 5.56 Å². The molecule has 0 spiro atoms. The zero-order chi connectivity index (χ0) is 19.9. The van der Waals surface area contributed by atoms with E-state index < -0.39 is 0 Å². The molecule has 5 heteroatoms. The van der Waals surface area contributed by atoms with Crippen LogP contribution in [0.2, 0.25) is 0 Å². The average molecular weight is 383 g/mol. The summed E-state index contributed by atoms with van der Waals surface area (Å²) in [4.78, 5) is 15.0. The Morgan fingerprint density at radius 2 is 1.82 bits per heavy atom. The first-order chi connectivity index (χ1) is 13.5. The molecule has 1 saturated heterocycles. The van der Waals surface area contributed by atoms with Crippen LogP contribution in [0.4, 0.5) is 0 Å². The van der Waals surface area contributed by atoms with E-state index in [-0.39, 0.29) is 18.1 Å². The highest BCUT2D eigenvalue weighted by Crippen LogP contribution is 2.17. The van der Waals surface area contributed by atoms with Gasteiger partial charge in [0.2, 0.25) is 0 Å². The molecule has 5 nitrogen and oxygen atoms in total. The molecule has 0 radical (unpaired) electrons. The third-order valence-electron chi connectivity index (χ3n) is 4.95. The van der Waals surface area contributed by atoms with Crippen molar-refractivity contribution < 1.29 is 14.3 Å². The maximum atomic E-state index is 12.6. The van der Waals surface area contributed by atoms with Crippen molar-refractivity contribution in [3.8, 4) is 0 Å². The van der Waals surface area contributed by atoms with Crippen molar-refractivity contribution in [1.82, 2.24) is 10.2 Å². The van der Waals surface area contributed by atoms with Gasteiger partial charge in [-0.15, -0.1) is 0 Å². The van der Waals surface area contributed by atoms with E-state index in [0.29, 0.717) is 18.7 Å². The number of nitrogens with one attached hydrogen (secondary N) is 1. The van der Waals surface area contributed by atoms with Gasteiger partial charge < -0.3 is 14.8 Å². The Balaban J connectivity index is 1.63. The standard InChI is InChI=1S/C23H30N2O3/c1-17-13-25(14-18(2)28-17)15-22-9-5-4-8-21(22)12-24-23(26)20-10-6-7-19(11-20)16-27-3/h4-11,17-18H,12-16H2,1-3H3,(H,24,26)/t17-,18+. The molecule has 1 aliphatic rings. The number of rotatable bonds is 7. The molecule has 28 heavy (non-hydrogen) atoms. The Morgan fingerprint density at radius 1 is 1.11 bits per heavy atom. The number of amides is 1. The van der Waals surface area contributed by atoms with Crippen LogP contribution in [0.25, 0.3) is 0 Å². The van der Waals surface area contributed by atoms with Crippen LogP contribution in [0.15, 0.2) is 48.5 Å². The van der Waals surface area contributed by atoms with Gasteiger partial charge in [0.25, 0.3) is 5.91 Å². The molecule has 3 rings (SSSR count). The van der Waals surface area contributed by atoms with Gasteiger partial charge in [0.05, 0.1) is 18.8 Å². The maximum absolute atomic E-state index is 12.6. The molecule has 1 aliphatic heterocycles. The number of benzene rings is 2. The lowest BCUT2D eigenvalue weighted by molar-refractivity contribution is -0.0705. The summed E-state index contributed by atoms with van der Waals surface area (Å²) in [6.45, 7) is 7.97. The van der Waals surface area contributed by atoms with Gasteiger partial charge in [-0.2, -0.15) is 0 Å². The molecule has 150 valence electrons. The molecular formula is C23H30N2O3. The first-order valence-corrected chi connectivity index (χ1v) is 9.86. The number of carbonyl (C=O) groups excluding carboxylic acids is 1. The van der Waals surface area contributed by atoms with Crippen molar-refractivity contribution in [3.63, 3.8) is 0 Å². The second-order valence-electron chi connectivity index (χ2n) is 7.54. The highest BCUT2D eigenvalue weighted by molar-refractivity contribution is 5.94. The van der Waals surface area contributed by atoms with Gasteiger partial charge in [0.1, 0.15) is 0 Å². The molecule has 0 unspecified atom stereocenters. The van der Waals surface area contributed by atoms with Crippen LogP contribution in [-0.2, 0) is 29.2 Å². The summed E-state index contributed by atoms with van der Waals surface area (Å²) in [6, 6.07) is 15.9. The lowest BCUT2D eigenvalue weighted by Crippen LogP contribution is -2.45. The smallest absolute Gasteiger partial charge is 0.251 e. The summed E-state index contributed by atoms with van der Waals surface area (Å²) in [6.07, 6.45) is 0.491. The van der Waals surface area contributed by atoms with Crippen LogP contribution in [0, 0.1) is 0 Å². The van der Waals surface area contributed by atoms with Crippen LogP contribution in [0.3, 0.4) is 0 Å². The first kappa shape index (κ1) is 20.5. The minimum atomic E-state index is -0.0682. The normalized spacial score (nSPS) is 20.1. The Kier molecular flexibility index (Phi) is 7.20. The van der Waals surface area contributed by atoms with Gasteiger partial charge in [-0.25, -0.2) is 0 Å². The molecular weight excluding hydrogens is 352 g/mol. The number of hydrogen-bond donors (Lipinski definition) is 1. The van der Waals surface area contributed by atoms with E-state index in [4.69, 9.17) is 9.47 Å². The quantitative estimate of drug-likeness (QED) is 0.798. The van der Waals surface area contributed by atoms with Gasteiger partial charge in [-0.1, -0.05) is 36.4 Å². The summed E-state index contributed by atoms with van der Waals surface area (Å²) in [5.41, 5.74) is 4.04. The van der Waals surface area contributed by atoms with Gasteiger partial charge in [0.15, 0.2) is 0 Å². The van der Waals surface area contributed by atoms with E-state index in [9.17, 15) is 4.79 Å². The van der Waals surface area contributed by atoms with Crippen LogP contribution in [0.5, 0.6) is 0 Å². The molecule has 0 saturated carbocycles. The van der Waals surface area contributed by atoms with Crippen molar-refractivity contribution in [2.24, 2.45) is 0 Å². The van der Waals surface area contributed by atoms with E-state index >= 15 is 0 Å². The lowest BCUT2D eigenvalue weighted by atomic mass is 10.1. The van der Waals surface area contributed by atoms with Crippen molar-refractivity contribution in [3.05, 3.63) is 70.8 Å². The molecule has 0 aromatic heterocycles. The fourth-order valence-corrected chi connectivity index (χ4v) is 3.79. The van der Waals surface area contributed by atoms with Crippen molar-refractivity contribution >= 4 is 5.91 Å². The zero-order valence-corrected chi connectivity index (χ0v) is 17.0. The van der Waals surface area contributed by atoms with E-state index in [1.807, 2.05) is 30.3 Å². The minimum absolute atomic E-state index is 0.0682. The van der Waals surface area contributed by atoms with E-state index in [2.05, 4.69) is 42.3 Å². The fraction of sp³-hybridized carbons (Fsp3) is 0.435. The Labute approximate surface area is 167 Å². The fourth-order valence-electron chi connectivity index (χ4n) is 3.79. The maximum Gasteiger partial charge on any atom is 0.251 e. The molecule has 2 atom stereocenters. The monoisotopic (exact) mass is 382 g/mol. The molecule has 2 aromatic carbocycles. The average Bonchev–Trinajstić information content (AvgIpc) is 2.67. The third kappa shape index (κ3) is 5.64. The molecule has 0 aliphatic carbocycles. The van der Waals surface area contributed by atoms with Gasteiger partial charge in [0, 0.05) is 38.9 Å². The number of carbonyl (C=O) groups is 1. The minimum Gasteiger partial charge on any atom is -0.380 e. The molecule has 1 heterocycles. The second-order valence-corrected chi connectivity index (χ2v) is 7.54. The van der Waals surface area contributed by atoms with E-state index in [0.717, 1.165) is 30.8 Å². The number of nitrogens with zero attached hydrogens (tertiary/aromatic N) is 1. The number of ether oxygens (including phenoxy) is 2. The van der Waals surface area contributed by atoms with Gasteiger partial charge in [-0.05, 0) is 42.7 Å². The third-order valence-corrected chi connectivity index (χ3v) is 4.95. The van der Waals surface area contributed by atoms with Crippen molar-refractivity contribution in [2.75, 3.05) is 20.2 Å². The van der Waals surface area contributed by atoms with Crippen LogP contribution in [-0.4, -0.2) is 43.2 Å². The summed E-state index contributed by atoms with van der Waals surface area (Å²) in [5.74, 6) is -0.0682. The Hall–Kier alpha value is -2.21. The van der Waals surface area contributed by atoms with Crippen LogP contribution < -0.4 is 5.32 Å². The topological polar surface area (TPSA) is 50.8 Å². The zero-order valence-electron chi connectivity index (χ0n) is 17.0. The molecule has 1 amide bonds. The highest BCUT2D eigenvalue weighted by Gasteiger charge is 2.22. The Morgan fingerprint density at radius 3 is 2.54 bits per heavy atom. The highest BCUT2D eigenvalue weighted by atomic mass is 16.5. The number of methoxy groups -OCH3 is 1. The van der Waals surface area contributed by atoms with Crippen LogP contribution >= 0.6 is 0 Å². The van der Waals surface area contributed by atoms with Crippen LogP contribution in [0.1, 0.15) is 40.9 Å². The molecule has 0 bridgehead atoms. The van der Waals surface area contributed by atoms with Gasteiger partial charge >= 0.3 is 0 Å². The number of morpholine rings is 1. The van der Waals surface area contributed by atoms with Crippen molar-refractivity contribution in [1.29, 1.82) is 0 Å². The van der Waals surface area contributed by atoms with Gasteiger partial charge in [-0.3, -0.25) is 9.69 Å². The van der Waals surface area contributed by atoms with E-state index in [1.54, 1.807) is 7.11 Å².